The Morgan fingerprint density at radius 1 is 1.00 bits per heavy atom. The third-order valence-electron chi connectivity index (χ3n) is 3.81. The molecule has 0 aromatic heterocycles. The lowest BCUT2D eigenvalue weighted by Gasteiger charge is -2.23. The third-order valence-corrected chi connectivity index (χ3v) is 3.81. The van der Waals surface area contributed by atoms with E-state index >= 15 is 0 Å². The topological polar surface area (TPSA) is 3.24 Å². The maximum absolute atomic E-state index is 2.69. The van der Waals surface area contributed by atoms with Crippen molar-refractivity contribution in [2.24, 2.45) is 11.8 Å². The average molecular weight is 225 g/mol. The standard InChI is InChI=1S/C15H31N/c1-4-8-15(10-7-9-14(2)3)13-16-11-5-6-12-16/h14-15H,4-13H2,1-3H3. The minimum absolute atomic E-state index is 0.883. The van der Waals surface area contributed by atoms with Crippen LogP contribution in [0.2, 0.25) is 0 Å². The number of nitrogens with zero attached hydrogens (tertiary/aromatic N) is 1. The highest BCUT2D eigenvalue weighted by molar-refractivity contribution is 4.71. The van der Waals surface area contributed by atoms with Crippen LogP contribution in [0.3, 0.4) is 0 Å². The van der Waals surface area contributed by atoms with Gasteiger partial charge in [-0.3, -0.25) is 0 Å². The second-order valence-electron chi connectivity index (χ2n) is 5.99. The van der Waals surface area contributed by atoms with Crippen molar-refractivity contribution in [3.8, 4) is 0 Å². The Labute approximate surface area is 103 Å². The first-order chi connectivity index (χ1) is 7.72. The lowest BCUT2D eigenvalue weighted by atomic mass is 9.94. The van der Waals surface area contributed by atoms with Crippen molar-refractivity contribution in [3.63, 3.8) is 0 Å². The fourth-order valence-electron chi connectivity index (χ4n) is 2.88. The van der Waals surface area contributed by atoms with E-state index in [1.807, 2.05) is 0 Å². The summed E-state index contributed by atoms with van der Waals surface area (Å²) >= 11 is 0. The van der Waals surface area contributed by atoms with Gasteiger partial charge in [-0.1, -0.05) is 40.0 Å². The van der Waals surface area contributed by atoms with E-state index in [1.54, 1.807) is 0 Å². The van der Waals surface area contributed by atoms with Gasteiger partial charge >= 0.3 is 0 Å². The summed E-state index contributed by atoms with van der Waals surface area (Å²) in [6, 6.07) is 0. The van der Waals surface area contributed by atoms with Gasteiger partial charge in [0.25, 0.3) is 0 Å². The van der Waals surface area contributed by atoms with Crippen LogP contribution in [-0.4, -0.2) is 24.5 Å². The molecule has 1 nitrogen and oxygen atoms in total. The van der Waals surface area contributed by atoms with Gasteiger partial charge in [0.05, 0.1) is 0 Å². The lowest BCUT2D eigenvalue weighted by Crippen LogP contribution is -2.26. The largest absolute Gasteiger partial charge is 0.303 e. The Morgan fingerprint density at radius 2 is 1.69 bits per heavy atom. The highest BCUT2D eigenvalue weighted by Crippen LogP contribution is 2.20. The molecule has 0 N–H and O–H groups in total. The van der Waals surface area contributed by atoms with Gasteiger partial charge in [0.15, 0.2) is 0 Å². The summed E-state index contributed by atoms with van der Waals surface area (Å²) in [7, 11) is 0. The second-order valence-corrected chi connectivity index (χ2v) is 5.99. The van der Waals surface area contributed by atoms with Crippen molar-refractivity contribution in [2.75, 3.05) is 19.6 Å². The summed E-state index contributed by atoms with van der Waals surface area (Å²) < 4.78 is 0. The Hall–Kier alpha value is -0.0400. The lowest BCUT2D eigenvalue weighted by molar-refractivity contribution is 0.252. The Balaban J connectivity index is 2.17. The molecule has 16 heavy (non-hydrogen) atoms. The highest BCUT2D eigenvalue weighted by Gasteiger charge is 2.16. The van der Waals surface area contributed by atoms with Crippen molar-refractivity contribution in [1.29, 1.82) is 0 Å². The Morgan fingerprint density at radius 3 is 2.25 bits per heavy atom. The molecule has 1 unspecified atom stereocenters. The average Bonchev–Trinajstić information content (AvgIpc) is 2.70. The van der Waals surface area contributed by atoms with E-state index < -0.39 is 0 Å². The number of rotatable bonds is 8. The van der Waals surface area contributed by atoms with Crippen LogP contribution >= 0.6 is 0 Å². The molecule has 1 rings (SSSR count). The van der Waals surface area contributed by atoms with Crippen LogP contribution in [0.5, 0.6) is 0 Å². The Bertz CT molecular complexity index is 159. The van der Waals surface area contributed by atoms with Crippen molar-refractivity contribution >= 4 is 0 Å². The molecule has 0 radical (unpaired) electrons. The predicted molar refractivity (Wildman–Crippen MR) is 72.8 cm³/mol. The van der Waals surface area contributed by atoms with Gasteiger partial charge in [-0.25, -0.2) is 0 Å². The van der Waals surface area contributed by atoms with Crippen molar-refractivity contribution in [3.05, 3.63) is 0 Å². The zero-order valence-corrected chi connectivity index (χ0v) is 11.7. The molecule has 0 aliphatic carbocycles. The van der Waals surface area contributed by atoms with Crippen LogP contribution in [0.1, 0.15) is 65.7 Å². The quantitative estimate of drug-likeness (QED) is 0.594. The van der Waals surface area contributed by atoms with Crippen molar-refractivity contribution in [2.45, 2.75) is 65.7 Å². The van der Waals surface area contributed by atoms with Crippen LogP contribution in [0.15, 0.2) is 0 Å². The van der Waals surface area contributed by atoms with Gasteiger partial charge in [-0.15, -0.1) is 0 Å². The van der Waals surface area contributed by atoms with E-state index in [0.717, 1.165) is 11.8 Å². The minimum atomic E-state index is 0.883. The molecule has 1 heterocycles. The second kappa shape index (κ2) is 8.11. The Kier molecular flexibility index (Phi) is 7.11. The number of hydrogen-bond acceptors (Lipinski definition) is 1. The maximum atomic E-state index is 2.69. The number of likely N-dealkylation sites (tertiary alicyclic amines) is 1. The van der Waals surface area contributed by atoms with Crippen LogP contribution in [0, 0.1) is 11.8 Å². The predicted octanol–water partition coefficient (Wildman–Crippen LogP) is 4.32. The van der Waals surface area contributed by atoms with Crippen molar-refractivity contribution < 1.29 is 0 Å². The van der Waals surface area contributed by atoms with Crippen molar-refractivity contribution in [1.82, 2.24) is 4.90 Å². The molecular formula is C15H31N. The van der Waals surface area contributed by atoms with Gasteiger partial charge in [-0.2, -0.15) is 0 Å². The fourth-order valence-corrected chi connectivity index (χ4v) is 2.88. The normalized spacial score (nSPS) is 19.5. The van der Waals surface area contributed by atoms with E-state index in [2.05, 4.69) is 25.7 Å². The zero-order chi connectivity index (χ0) is 11.8. The summed E-state index contributed by atoms with van der Waals surface area (Å²) in [4.78, 5) is 2.69. The summed E-state index contributed by atoms with van der Waals surface area (Å²) in [5.74, 6) is 1.86. The fraction of sp³-hybridized carbons (Fsp3) is 1.00. The third kappa shape index (κ3) is 5.89. The molecule has 0 spiro atoms. The molecular weight excluding hydrogens is 194 g/mol. The molecule has 1 aliphatic rings. The van der Waals surface area contributed by atoms with Gasteiger partial charge < -0.3 is 4.90 Å². The van der Waals surface area contributed by atoms with Crippen LogP contribution in [-0.2, 0) is 0 Å². The summed E-state index contributed by atoms with van der Waals surface area (Å²) in [6.07, 6.45) is 9.99. The summed E-state index contributed by atoms with van der Waals surface area (Å²) in [6.45, 7) is 11.1. The molecule has 1 atom stereocenters. The summed E-state index contributed by atoms with van der Waals surface area (Å²) in [5, 5.41) is 0. The number of hydrogen-bond donors (Lipinski definition) is 0. The van der Waals surface area contributed by atoms with Gasteiger partial charge in [-0.05, 0) is 50.6 Å². The molecule has 1 fully saturated rings. The van der Waals surface area contributed by atoms with Crippen LogP contribution in [0.4, 0.5) is 0 Å². The van der Waals surface area contributed by atoms with E-state index in [-0.39, 0.29) is 0 Å². The molecule has 1 heteroatoms. The maximum Gasteiger partial charge on any atom is 0.000965 e. The molecule has 0 aromatic carbocycles. The first-order valence-corrected chi connectivity index (χ1v) is 7.44. The molecule has 1 saturated heterocycles. The SMILES string of the molecule is CCCC(CCCC(C)C)CN1CCCC1. The molecule has 96 valence electrons. The first kappa shape index (κ1) is 14.0. The van der Waals surface area contributed by atoms with Crippen LogP contribution in [0.25, 0.3) is 0 Å². The van der Waals surface area contributed by atoms with E-state index in [0.29, 0.717) is 0 Å². The highest BCUT2D eigenvalue weighted by atomic mass is 15.1. The summed E-state index contributed by atoms with van der Waals surface area (Å²) in [5.41, 5.74) is 0. The minimum Gasteiger partial charge on any atom is -0.303 e. The van der Waals surface area contributed by atoms with Gasteiger partial charge in [0.1, 0.15) is 0 Å². The van der Waals surface area contributed by atoms with E-state index in [9.17, 15) is 0 Å². The first-order valence-electron chi connectivity index (χ1n) is 7.44. The molecule has 1 aliphatic heterocycles. The van der Waals surface area contributed by atoms with E-state index in [4.69, 9.17) is 0 Å². The zero-order valence-electron chi connectivity index (χ0n) is 11.7. The molecule has 0 aromatic rings. The van der Waals surface area contributed by atoms with Crippen LogP contribution < -0.4 is 0 Å². The molecule has 0 amide bonds. The monoisotopic (exact) mass is 225 g/mol. The van der Waals surface area contributed by atoms with E-state index in [1.165, 1.54) is 64.6 Å². The molecule has 0 bridgehead atoms. The van der Waals surface area contributed by atoms with Gasteiger partial charge in [0.2, 0.25) is 0 Å². The smallest absolute Gasteiger partial charge is 0.000965 e. The van der Waals surface area contributed by atoms with Gasteiger partial charge in [0, 0.05) is 6.54 Å². The molecule has 0 saturated carbocycles.